The van der Waals surface area contributed by atoms with Gasteiger partial charge >= 0.3 is 0 Å². The number of nitrogens with two attached hydrogens (primary N) is 1. The molecule has 0 amide bonds. The molecule has 0 aromatic carbocycles. The lowest BCUT2D eigenvalue weighted by Crippen LogP contribution is -2.62. The topological polar surface area (TPSA) is 164 Å². The second-order valence-electron chi connectivity index (χ2n) is 16.2. The largest absolute Gasteiger partial charge is 0.393 e. The highest BCUT2D eigenvalue weighted by Gasteiger charge is 2.48. The monoisotopic (exact) mass is 668 g/mol. The number of ketones is 1. The van der Waals surface area contributed by atoms with E-state index in [-0.39, 0.29) is 23.8 Å². The van der Waals surface area contributed by atoms with Gasteiger partial charge in [-0.25, -0.2) is 0 Å². The maximum atomic E-state index is 10.6. The Bertz CT molecular complexity index is 680. The van der Waals surface area contributed by atoms with E-state index in [0.717, 1.165) is 35.6 Å². The van der Waals surface area contributed by atoms with Crippen LogP contribution in [0.15, 0.2) is 0 Å². The first-order chi connectivity index (χ1) is 20.8. The molecule has 0 heterocycles. The number of rotatable bonds is 12. The highest BCUT2D eigenvalue weighted by molar-refractivity contribution is 5.81. The summed E-state index contributed by atoms with van der Waals surface area (Å²) in [4.78, 5) is 10.6. The third kappa shape index (κ3) is 30.7. The summed E-state index contributed by atoms with van der Waals surface area (Å²) in [6.45, 7) is 28.0. The van der Waals surface area contributed by atoms with E-state index < -0.39 is 36.4 Å². The van der Waals surface area contributed by atoms with E-state index in [0.29, 0.717) is 11.8 Å². The number of carbonyl (C=O) groups is 1. The predicted molar refractivity (Wildman–Crippen MR) is 194 cm³/mol. The molecule has 0 aromatic rings. The van der Waals surface area contributed by atoms with Crippen molar-refractivity contribution in [3.63, 3.8) is 0 Å². The fraction of sp³-hybridized carbons (Fsp3) is 0.973. The fourth-order valence-electron chi connectivity index (χ4n) is 4.66. The van der Waals surface area contributed by atoms with E-state index in [1.165, 1.54) is 32.7 Å². The molecule has 0 radical (unpaired) electrons. The van der Waals surface area contributed by atoms with Crippen LogP contribution in [-0.4, -0.2) is 111 Å². The molecular formula is C37H83N2O7+. The molecule has 6 atom stereocenters. The van der Waals surface area contributed by atoms with Crippen LogP contribution >= 0.6 is 0 Å². The van der Waals surface area contributed by atoms with Crippen LogP contribution in [0.3, 0.4) is 0 Å². The molecule has 282 valence electrons. The molecule has 1 saturated carbocycles. The number of aliphatic hydroxyl groups excluding tert-OH is 6. The van der Waals surface area contributed by atoms with Crippen molar-refractivity contribution in [2.75, 3.05) is 27.7 Å². The van der Waals surface area contributed by atoms with Crippen LogP contribution in [0.5, 0.6) is 0 Å². The summed E-state index contributed by atoms with van der Waals surface area (Å²) in [7, 11) is 6.72. The smallest absolute Gasteiger partial charge is 0.146 e. The van der Waals surface area contributed by atoms with Crippen molar-refractivity contribution in [2.45, 2.75) is 171 Å². The van der Waals surface area contributed by atoms with Gasteiger partial charge in [-0.2, -0.15) is 0 Å². The van der Waals surface area contributed by atoms with Gasteiger partial charge in [0.1, 0.15) is 24.1 Å². The molecule has 1 aliphatic carbocycles. The van der Waals surface area contributed by atoms with Crippen molar-refractivity contribution in [2.24, 2.45) is 41.2 Å². The number of carbonyl (C=O) groups excluding carboxylic acids is 1. The molecule has 1 fully saturated rings. The Kier molecular flexibility index (Phi) is 32.0. The Morgan fingerprint density at radius 1 is 0.652 bits per heavy atom. The molecule has 46 heavy (non-hydrogen) atoms. The van der Waals surface area contributed by atoms with E-state index in [9.17, 15) is 30.3 Å². The third-order valence-corrected chi connectivity index (χ3v) is 7.66. The van der Waals surface area contributed by atoms with E-state index in [1.54, 1.807) is 13.8 Å². The van der Waals surface area contributed by atoms with E-state index in [2.05, 4.69) is 83.5 Å². The minimum atomic E-state index is -1.49. The van der Waals surface area contributed by atoms with Gasteiger partial charge in [-0.15, -0.1) is 0 Å². The van der Waals surface area contributed by atoms with Gasteiger partial charge in [-0.05, 0) is 62.2 Å². The molecular weight excluding hydrogens is 584 g/mol. The van der Waals surface area contributed by atoms with Gasteiger partial charge in [0.15, 0.2) is 0 Å². The molecule has 1 rings (SSSR count). The lowest BCUT2D eigenvalue weighted by molar-refractivity contribution is -0.870. The fourth-order valence-corrected chi connectivity index (χ4v) is 4.66. The number of Topliss-reactive ketones (excluding diaryl/α,β-unsaturated/α-hetero) is 1. The van der Waals surface area contributed by atoms with Gasteiger partial charge in [0, 0.05) is 5.92 Å². The predicted octanol–water partition coefficient (Wildman–Crippen LogP) is 5.01. The van der Waals surface area contributed by atoms with E-state index in [1.807, 2.05) is 6.92 Å². The average Bonchev–Trinajstić information content (AvgIpc) is 2.89. The molecule has 1 aliphatic rings. The standard InChI is InChI=1S/C9H18O5.C8H20N.C7H15NO.C7H16O.C6H14/c1-3(2)4-5(10)7(12)9(14)8(13)6(4)11;1-8(2)6-7-9(3,4)5;1-5(2)4-7(8)6(3)9;1-4-7(8)5-6(2)3;1-4-5-6(2)3/h3-14H,1-2H3;8H,6-7H2,1-5H3;5,7H,4,8H2,1-3H3;6-8H,4-5H2,1-3H3;6H,4-5H2,1-3H3/q;+1;;;/t;;7-;;/m..0../s1. The number of hydrogen-bond donors (Lipinski definition) is 7. The van der Waals surface area contributed by atoms with Gasteiger partial charge in [0.2, 0.25) is 0 Å². The quantitative estimate of drug-likeness (QED) is 0.143. The summed E-state index contributed by atoms with van der Waals surface area (Å²) in [5, 5.41) is 56.2. The van der Waals surface area contributed by atoms with Crippen LogP contribution in [-0.2, 0) is 4.79 Å². The molecule has 0 aromatic heterocycles. The van der Waals surface area contributed by atoms with Crippen molar-refractivity contribution < 1.29 is 39.9 Å². The zero-order valence-electron chi connectivity index (χ0n) is 33.1. The first kappa shape index (κ1) is 52.2. The zero-order chi connectivity index (χ0) is 37.5. The molecule has 9 heteroatoms. The summed E-state index contributed by atoms with van der Waals surface area (Å²) in [6, 6.07) is -0.245. The molecule has 5 unspecified atom stereocenters. The first-order valence-corrected chi connectivity index (χ1v) is 17.9. The minimum absolute atomic E-state index is 0.0741. The first-order valence-electron chi connectivity index (χ1n) is 17.9. The Balaban J connectivity index is -0.000000248. The number of quaternary nitrogens is 1. The normalized spacial score (nSPS) is 24.2. The van der Waals surface area contributed by atoms with Crippen LogP contribution in [0.25, 0.3) is 0 Å². The number of aliphatic hydroxyl groups is 6. The Morgan fingerprint density at radius 2 is 1.02 bits per heavy atom. The van der Waals surface area contributed by atoms with Crippen LogP contribution in [0.4, 0.5) is 0 Å². The third-order valence-electron chi connectivity index (χ3n) is 7.66. The second-order valence-corrected chi connectivity index (χ2v) is 16.2. The van der Waals surface area contributed by atoms with Crippen molar-refractivity contribution in [1.29, 1.82) is 0 Å². The Morgan fingerprint density at radius 3 is 1.17 bits per heavy atom. The lowest BCUT2D eigenvalue weighted by atomic mass is 9.73. The van der Waals surface area contributed by atoms with Crippen molar-refractivity contribution in [1.82, 2.24) is 0 Å². The van der Waals surface area contributed by atoms with E-state index in [4.69, 9.17) is 10.8 Å². The molecule has 9 nitrogen and oxygen atoms in total. The molecule has 0 saturated heterocycles. The molecule has 0 bridgehead atoms. The van der Waals surface area contributed by atoms with Gasteiger partial charge in [0.05, 0.1) is 52.0 Å². The maximum Gasteiger partial charge on any atom is 0.146 e. The highest BCUT2D eigenvalue weighted by Crippen LogP contribution is 2.31. The van der Waals surface area contributed by atoms with Gasteiger partial charge < -0.3 is 40.9 Å². The van der Waals surface area contributed by atoms with E-state index >= 15 is 0 Å². The zero-order valence-corrected chi connectivity index (χ0v) is 33.1. The van der Waals surface area contributed by atoms with Gasteiger partial charge in [0.25, 0.3) is 0 Å². The summed E-state index contributed by atoms with van der Waals surface area (Å²) >= 11 is 0. The minimum Gasteiger partial charge on any atom is -0.393 e. The lowest BCUT2D eigenvalue weighted by Gasteiger charge is -2.43. The van der Waals surface area contributed by atoms with Crippen molar-refractivity contribution in [3.8, 4) is 0 Å². The SMILES string of the molecule is CC(=O)[C@@H](N)CC(C)C.CC(C)C1C(O)C(O)C(O)C(O)C1O.CC(C)CC[N+](C)(C)C.CCC(O)CC(C)C.CCCC(C)C. The Labute approximate surface area is 285 Å². The van der Waals surface area contributed by atoms with Crippen molar-refractivity contribution in [3.05, 3.63) is 0 Å². The molecule has 0 aliphatic heterocycles. The summed E-state index contributed by atoms with van der Waals surface area (Å²) in [6.07, 6.45) is -0.107. The molecule has 8 N–H and O–H groups in total. The summed E-state index contributed by atoms with van der Waals surface area (Å²) in [5.74, 6) is 2.27. The van der Waals surface area contributed by atoms with Crippen LogP contribution < -0.4 is 5.73 Å². The molecule has 0 spiro atoms. The van der Waals surface area contributed by atoms with Gasteiger partial charge in [-0.3, -0.25) is 4.79 Å². The van der Waals surface area contributed by atoms with Crippen LogP contribution in [0.1, 0.15) is 129 Å². The highest BCUT2D eigenvalue weighted by atomic mass is 16.4. The average molecular weight is 668 g/mol. The van der Waals surface area contributed by atoms with Gasteiger partial charge in [-0.1, -0.05) is 95.9 Å². The summed E-state index contributed by atoms with van der Waals surface area (Å²) in [5.41, 5.74) is 5.47. The second kappa shape index (κ2) is 28.2. The maximum absolute atomic E-state index is 10.6. The van der Waals surface area contributed by atoms with Crippen LogP contribution in [0.2, 0.25) is 0 Å². The summed E-state index contributed by atoms with van der Waals surface area (Å²) < 4.78 is 1.10. The number of hydrogen-bond acceptors (Lipinski definition) is 8. The number of nitrogens with zero attached hydrogens (tertiary/aromatic N) is 1. The Hall–Kier alpha value is -0.650. The van der Waals surface area contributed by atoms with Crippen molar-refractivity contribution >= 4 is 5.78 Å². The van der Waals surface area contributed by atoms with Crippen LogP contribution in [0, 0.1) is 35.5 Å².